The Balaban J connectivity index is 3.68. The standard InChI is InChI=1S/C24H44O5/c1-6-8-10-11-12-13-14-16-24(25)29-20-23(5)28-19-22(4)27-18-21(3)26-17-15-9-7-2/h6,8,12-13,21-23H,7,9-11,14-20H2,1-5H3/b8-6+,13-12+. The van der Waals surface area contributed by atoms with Gasteiger partial charge in [0.25, 0.3) is 0 Å². The molecule has 0 bridgehead atoms. The van der Waals surface area contributed by atoms with E-state index >= 15 is 0 Å². The molecule has 0 aliphatic carbocycles. The molecule has 5 heteroatoms. The largest absolute Gasteiger partial charge is 0.463 e. The molecule has 170 valence electrons. The van der Waals surface area contributed by atoms with E-state index in [0.29, 0.717) is 26.1 Å². The fourth-order valence-electron chi connectivity index (χ4n) is 2.46. The Kier molecular flexibility index (Phi) is 19.3. The SMILES string of the molecule is C/C=C/CC/C=C/CCC(=O)OCC(C)OCC(C)OCC(C)OCCCCC. The highest BCUT2D eigenvalue weighted by atomic mass is 16.6. The van der Waals surface area contributed by atoms with Crippen molar-refractivity contribution in [3.63, 3.8) is 0 Å². The van der Waals surface area contributed by atoms with E-state index in [0.717, 1.165) is 25.9 Å². The van der Waals surface area contributed by atoms with Gasteiger partial charge >= 0.3 is 5.97 Å². The minimum atomic E-state index is -0.183. The van der Waals surface area contributed by atoms with E-state index < -0.39 is 0 Å². The van der Waals surface area contributed by atoms with Gasteiger partial charge in [0.05, 0.1) is 31.5 Å². The summed E-state index contributed by atoms with van der Waals surface area (Å²) < 4.78 is 22.5. The highest BCUT2D eigenvalue weighted by Crippen LogP contribution is 2.04. The lowest BCUT2D eigenvalue weighted by Crippen LogP contribution is -2.27. The van der Waals surface area contributed by atoms with Crippen LogP contribution >= 0.6 is 0 Å². The second-order valence-corrected chi connectivity index (χ2v) is 7.52. The summed E-state index contributed by atoms with van der Waals surface area (Å²) in [6.07, 6.45) is 14.9. The zero-order valence-electron chi connectivity index (χ0n) is 19.4. The maximum absolute atomic E-state index is 11.8. The summed E-state index contributed by atoms with van der Waals surface area (Å²) in [6, 6.07) is 0. The van der Waals surface area contributed by atoms with Crippen molar-refractivity contribution < 1.29 is 23.7 Å². The van der Waals surface area contributed by atoms with Crippen LogP contribution in [0.25, 0.3) is 0 Å². The molecule has 0 rings (SSSR count). The van der Waals surface area contributed by atoms with Crippen LogP contribution in [0, 0.1) is 0 Å². The molecule has 0 spiro atoms. The van der Waals surface area contributed by atoms with Crippen LogP contribution in [0.2, 0.25) is 0 Å². The van der Waals surface area contributed by atoms with E-state index in [-0.39, 0.29) is 30.9 Å². The highest BCUT2D eigenvalue weighted by molar-refractivity contribution is 5.69. The molecular formula is C24H44O5. The maximum Gasteiger partial charge on any atom is 0.306 e. The molecule has 0 saturated carbocycles. The number of hydrogen-bond donors (Lipinski definition) is 0. The maximum atomic E-state index is 11.8. The topological polar surface area (TPSA) is 54.0 Å². The lowest BCUT2D eigenvalue weighted by atomic mass is 10.2. The normalized spacial score (nSPS) is 15.1. The van der Waals surface area contributed by atoms with Gasteiger partial charge in [-0.15, -0.1) is 0 Å². The van der Waals surface area contributed by atoms with Gasteiger partial charge in [0.15, 0.2) is 0 Å². The minimum Gasteiger partial charge on any atom is -0.463 e. The van der Waals surface area contributed by atoms with Gasteiger partial charge in [0.1, 0.15) is 6.61 Å². The molecule has 0 aliphatic rings. The first kappa shape index (κ1) is 27.8. The van der Waals surface area contributed by atoms with Crippen LogP contribution in [-0.4, -0.2) is 50.7 Å². The van der Waals surface area contributed by atoms with Crippen LogP contribution in [0.3, 0.4) is 0 Å². The number of hydrogen-bond acceptors (Lipinski definition) is 5. The van der Waals surface area contributed by atoms with Gasteiger partial charge in [-0.05, 0) is 53.4 Å². The van der Waals surface area contributed by atoms with Gasteiger partial charge < -0.3 is 18.9 Å². The Morgan fingerprint density at radius 1 is 0.793 bits per heavy atom. The Bertz CT molecular complexity index is 433. The summed E-state index contributed by atoms with van der Waals surface area (Å²) in [6.45, 7) is 12.2. The molecule has 0 heterocycles. The number of carbonyl (C=O) groups is 1. The average Bonchev–Trinajstić information content (AvgIpc) is 2.71. The number of allylic oxidation sites excluding steroid dienone is 4. The van der Waals surface area contributed by atoms with E-state index in [4.69, 9.17) is 18.9 Å². The molecule has 3 unspecified atom stereocenters. The summed E-state index contributed by atoms with van der Waals surface area (Å²) >= 11 is 0. The number of carbonyl (C=O) groups excluding carboxylic acids is 1. The summed E-state index contributed by atoms with van der Waals surface area (Å²) in [5.41, 5.74) is 0. The smallest absolute Gasteiger partial charge is 0.306 e. The van der Waals surface area contributed by atoms with Gasteiger partial charge in [-0.2, -0.15) is 0 Å². The van der Waals surface area contributed by atoms with Gasteiger partial charge in [0, 0.05) is 13.0 Å². The number of esters is 1. The zero-order valence-corrected chi connectivity index (χ0v) is 19.4. The molecule has 0 aromatic rings. The molecule has 0 amide bonds. The third-order valence-electron chi connectivity index (χ3n) is 4.28. The van der Waals surface area contributed by atoms with E-state index in [1.165, 1.54) is 12.8 Å². The number of rotatable bonds is 19. The fourth-order valence-corrected chi connectivity index (χ4v) is 2.46. The van der Waals surface area contributed by atoms with Gasteiger partial charge in [-0.1, -0.05) is 44.1 Å². The molecule has 0 aliphatic heterocycles. The Labute approximate surface area is 178 Å². The summed E-state index contributed by atoms with van der Waals surface area (Å²) in [5.74, 6) is -0.183. The third-order valence-corrected chi connectivity index (χ3v) is 4.28. The molecule has 0 N–H and O–H groups in total. The van der Waals surface area contributed by atoms with Crippen molar-refractivity contribution in [3.05, 3.63) is 24.3 Å². The van der Waals surface area contributed by atoms with Crippen molar-refractivity contribution in [2.75, 3.05) is 26.4 Å². The quantitative estimate of drug-likeness (QED) is 0.156. The minimum absolute atomic E-state index is 0.0254. The number of unbranched alkanes of at least 4 members (excludes halogenated alkanes) is 3. The van der Waals surface area contributed by atoms with Crippen LogP contribution in [0.15, 0.2) is 24.3 Å². The molecule has 0 saturated heterocycles. The predicted octanol–water partition coefficient (Wildman–Crippen LogP) is 5.63. The van der Waals surface area contributed by atoms with E-state index in [9.17, 15) is 4.79 Å². The van der Waals surface area contributed by atoms with Crippen LogP contribution in [0.4, 0.5) is 0 Å². The second-order valence-electron chi connectivity index (χ2n) is 7.52. The van der Waals surface area contributed by atoms with Crippen molar-refractivity contribution in [1.29, 1.82) is 0 Å². The van der Waals surface area contributed by atoms with Gasteiger partial charge in [-0.3, -0.25) is 4.79 Å². The Morgan fingerprint density at radius 3 is 2.03 bits per heavy atom. The first-order valence-corrected chi connectivity index (χ1v) is 11.3. The third kappa shape index (κ3) is 19.9. The number of ether oxygens (including phenoxy) is 4. The molecule has 29 heavy (non-hydrogen) atoms. The van der Waals surface area contributed by atoms with Gasteiger partial charge in [-0.25, -0.2) is 0 Å². The first-order valence-electron chi connectivity index (χ1n) is 11.3. The summed E-state index contributed by atoms with van der Waals surface area (Å²) in [4.78, 5) is 11.8. The second kappa shape index (κ2) is 20.1. The van der Waals surface area contributed by atoms with Crippen molar-refractivity contribution in [2.45, 2.75) is 97.9 Å². The fraction of sp³-hybridized carbons (Fsp3) is 0.792. The molecule has 0 fully saturated rings. The van der Waals surface area contributed by atoms with E-state index in [1.54, 1.807) is 0 Å². The molecule has 0 aromatic carbocycles. The van der Waals surface area contributed by atoms with Crippen molar-refractivity contribution >= 4 is 5.97 Å². The molecule has 0 aromatic heterocycles. The van der Waals surface area contributed by atoms with E-state index in [1.807, 2.05) is 39.8 Å². The van der Waals surface area contributed by atoms with Crippen LogP contribution in [0.5, 0.6) is 0 Å². The molecular weight excluding hydrogens is 368 g/mol. The first-order chi connectivity index (χ1) is 14.0. The highest BCUT2D eigenvalue weighted by Gasteiger charge is 2.11. The molecule has 0 radical (unpaired) electrons. The van der Waals surface area contributed by atoms with Crippen molar-refractivity contribution in [1.82, 2.24) is 0 Å². The lowest BCUT2D eigenvalue weighted by molar-refractivity contribution is -0.148. The molecule has 5 nitrogen and oxygen atoms in total. The lowest BCUT2D eigenvalue weighted by Gasteiger charge is -2.20. The Morgan fingerprint density at radius 2 is 1.38 bits per heavy atom. The Hall–Kier alpha value is -1.17. The van der Waals surface area contributed by atoms with Crippen LogP contribution < -0.4 is 0 Å². The van der Waals surface area contributed by atoms with Gasteiger partial charge in [0.2, 0.25) is 0 Å². The predicted molar refractivity (Wildman–Crippen MR) is 119 cm³/mol. The summed E-state index contributed by atoms with van der Waals surface area (Å²) in [5, 5.41) is 0. The summed E-state index contributed by atoms with van der Waals surface area (Å²) in [7, 11) is 0. The van der Waals surface area contributed by atoms with Crippen LogP contribution in [-0.2, 0) is 23.7 Å². The van der Waals surface area contributed by atoms with Crippen molar-refractivity contribution in [3.8, 4) is 0 Å². The van der Waals surface area contributed by atoms with Crippen LogP contribution in [0.1, 0.15) is 79.6 Å². The zero-order chi connectivity index (χ0) is 21.7. The average molecular weight is 413 g/mol. The monoisotopic (exact) mass is 412 g/mol. The van der Waals surface area contributed by atoms with E-state index in [2.05, 4.69) is 19.1 Å². The van der Waals surface area contributed by atoms with Crippen molar-refractivity contribution in [2.24, 2.45) is 0 Å². The molecule has 3 atom stereocenters.